The Morgan fingerprint density at radius 3 is 2.24 bits per heavy atom. The molecular weight excluding hydrogens is 462 g/mol. The summed E-state index contributed by atoms with van der Waals surface area (Å²) in [5, 5.41) is 3.27. The van der Waals surface area contributed by atoms with Gasteiger partial charge in [0, 0.05) is 17.6 Å². The molecule has 180 valence electrons. The van der Waals surface area contributed by atoms with Crippen LogP contribution in [0.25, 0.3) is 0 Å². The van der Waals surface area contributed by atoms with Gasteiger partial charge in [-0.2, -0.15) is 0 Å². The zero-order valence-electron chi connectivity index (χ0n) is 19.9. The quantitative estimate of drug-likeness (QED) is 0.577. The second-order valence-corrected chi connectivity index (χ2v) is 10.8. The molecule has 7 nitrogen and oxygen atoms in total. The van der Waals surface area contributed by atoms with Gasteiger partial charge < -0.3 is 10.2 Å². The lowest BCUT2D eigenvalue weighted by Crippen LogP contribution is -2.52. The molecule has 2 aromatic rings. The van der Waals surface area contributed by atoms with E-state index in [2.05, 4.69) is 5.32 Å². The highest BCUT2D eigenvalue weighted by molar-refractivity contribution is 7.92. The van der Waals surface area contributed by atoms with E-state index < -0.39 is 28.5 Å². The summed E-state index contributed by atoms with van der Waals surface area (Å²) >= 11 is 6.31. The van der Waals surface area contributed by atoms with E-state index in [1.165, 1.54) is 4.90 Å². The minimum absolute atomic E-state index is 0.0651. The molecule has 0 bridgehead atoms. The summed E-state index contributed by atoms with van der Waals surface area (Å²) < 4.78 is 26.4. The SMILES string of the molecule is Cc1cccc(N(CC(=O)N(Cc2ccccc2Cl)C(C)C(=O)NC(C)C)S(C)(=O)=O)c1C. The summed E-state index contributed by atoms with van der Waals surface area (Å²) in [6.45, 7) is 8.60. The maximum absolute atomic E-state index is 13.5. The average Bonchev–Trinajstić information content (AvgIpc) is 2.71. The van der Waals surface area contributed by atoms with Crippen LogP contribution in [0.3, 0.4) is 0 Å². The first kappa shape index (κ1) is 26.7. The highest BCUT2D eigenvalue weighted by Gasteiger charge is 2.31. The first-order valence-electron chi connectivity index (χ1n) is 10.7. The van der Waals surface area contributed by atoms with E-state index in [4.69, 9.17) is 11.6 Å². The molecule has 1 N–H and O–H groups in total. The van der Waals surface area contributed by atoms with Gasteiger partial charge >= 0.3 is 0 Å². The zero-order valence-corrected chi connectivity index (χ0v) is 21.5. The third kappa shape index (κ3) is 6.95. The van der Waals surface area contributed by atoms with Gasteiger partial charge in [0.05, 0.1) is 11.9 Å². The second kappa shape index (κ2) is 11.0. The van der Waals surface area contributed by atoms with Crippen LogP contribution in [0.4, 0.5) is 5.69 Å². The topological polar surface area (TPSA) is 86.8 Å². The van der Waals surface area contributed by atoms with Crippen molar-refractivity contribution in [1.82, 2.24) is 10.2 Å². The van der Waals surface area contributed by atoms with Crippen molar-refractivity contribution in [2.24, 2.45) is 0 Å². The fraction of sp³-hybridized carbons (Fsp3) is 0.417. The number of nitrogens with one attached hydrogen (secondary N) is 1. The zero-order chi connectivity index (χ0) is 24.9. The van der Waals surface area contributed by atoms with E-state index in [1.54, 1.807) is 43.3 Å². The van der Waals surface area contributed by atoms with Crippen molar-refractivity contribution in [1.29, 1.82) is 0 Å². The van der Waals surface area contributed by atoms with Gasteiger partial charge in [0.1, 0.15) is 12.6 Å². The molecule has 33 heavy (non-hydrogen) atoms. The van der Waals surface area contributed by atoms with Crippen molar-refractivity contribution in [2.75, 3.05) is 17.1 Å². The Morgan fingerprint density at radius 1 is 1.03 bits per heavy atom. The van der Waals surface area contributed by atoms with Crippen molar-refractivity contribution in [3.63, 3.8) is 0 Å². The van der Waals surface area contributed by atoms with Gasteiger partial charge in [-0.25, -0.2) is 8.42 Å². The van der Waals surface area contributed by atoms with Gasteiger partial charge in [0.15, 0.2) is 0 Å². The van der Waals surface area contributed by atoms with E-state index in [0.717, 1.165) is 21.7 Å². The lowest BCUT2D eigenvalue weighted by molar-refractivity contribution is -0.139. The molecule has 2 rings (SSSR count). The molecule has 2 aromatic carbocycles. The molecule has 0 aliphatic carbocycles. The largest absolute Gasteiger partial charge is 0.352 e. The molecule has 0 heterocycles. The van der Waals surface area contributed by atoms with E-state index in [-0.39, 0.29) is 18.5 Å². The molecule has 0 aromatic heterocycles. The molecule has 9 heteroatoms. The smallest absolute Gasteiger partial charge is 0.244 e. The van der Waals surface area contributed by atoms with E-state index in [0.29, 0.717) is 16.3 Å². The Labute approximate surface area is 201 Å². The molecule has 0 fully saturated rings. The predicted molar refractivity (Wildman–Crippen MR) is 133 cm³/mol. The first-order valence-corrected chi connectivity index (χ1v) is 12.9. The van der Waals surface area contributed by atoms with Crippen LogP contribution in [0.2, 0.25) is 5.02 Å². The molecule has 0 aliphatic heterocycles. The van der Waals surface area contributed by atoms with Gasteiger partial charge in [0.25, 0.3) is 0 Å². The van der Waals surface area contributed by atoms with Gasteiger partial charge in [-0.15, -0.1) is 0 Å². The third-order valence-corrected chi connectivity index (χ3v) is 6.92. The van der Waals surface area contributed by atoms with Crippen LogP contribution < -0.4 is 9.62 Å². The minimum atomic E-state index is -3.77. The van der Waals surface area contributed by atoms with Crippen LogP contribution in [-0.4, -0.2) is 50.0 Å². The molecule has 1 atom stereocenters. The van der Waals surface area contributed by atoms with Crippen LogP contribution >= 0.6 is 11.6 Å². The fourth-order valence-corrected chi connectivity index (χ4v) is 4.49. The summed E-state index contributed by atoms with van der Waals surface area (Å²) in [6.07, 6.45) is 1.06. The number of nitrogens with zero attached hydrogens (tertiary/aromatic N) is 2. The Bertz CT molecular complexity index is 1120. The number of carbonyl (C=O) groups excluding carboxylic acids is 2. The normalized spacial score (nSPS) is 12.4. The van der Waals surface area contributed by atoms with Crippen LogP contribution in [0.15, 0.2) is 42.5 Å². The Hall–Kier alpha value is -2.58. The summed E-state index contributed by atoms with van der Waals surface area (Å²) in [7, 11) is -3.77. The fourth-order valence-electron chi connectivity index (χ4n) is 3.40. The first-order chi connectivity index (χ1) is 15.3. The molecule has 2 amide bonds. The number of amides is 2. The maximum Gasteiger partial charge on any atom is 0.244 e. The number of aryl methyl sites for hydroxylation is 1. The summed E-state index contributed by atoms with van der Waals surface area (Å²) in [6, 6.07) is 11.4. The average molecular weight is 494 g/mol. The lowest BCUT2D eigenvalue weighted by Gasteiger charge is -2.32. The number of anilines is 1. The predicted octanol–water partition coefficient (Wildman–Crippen LogP) is 3.66. The van der Waals surface area contributed by atoms with Crippen LogP contribution in [-0.2, 0) is 26.2 Å². The highest BCUT2D eigenvalue weighted by Crippen LogP contribution is 2.26. The summed E-state index contributed by atoms with van der Waals surface area (Å²) in [5.74, 6) is -0.837. The summed E-state index contributed by atoms with van der Waals surface area (Å²) in [4.78, 5) is 27.6. The number of halogens is 1. The van der Waals surface area contributed by atoms with E-state index >= 15 is 0 Å². The van der Waals surface area contributed by atoms with Gasteiger partial charge in [-0.3, -0.25) is 13.9 Å². The number of sulfonamides is 1. The van der Waals surface area contributed by atoms with Crippen molar-refractivity contribution in [2.45, 2.75) is 53.2 Å². The van der Waals surface area contributed by atoms with Gasteiger partial charge in [-0.1, -0.05) is 41.9 Å². The Balaban J connectivity index is 2.45. The number of rotatable bonds is 9. The molecule has 0 radical (unpaired) electrons. The third-order valence-electron chi connectivity index (χ3n) is 5.42. The molecule has 0 saturated carbocycles. The van der Waals surface area contributed by atoms with Crippen molar-refractivity contribution in [3.05, 3.63) is 64.2 Å². The molecule has 0 aliphatic rings. The van der Waals surface area contributed by atoms with Gasteiger partial charge in [0.2, 0.25) is 21.8 Å². The van der Waals surface area contributed by atoms with Crippen LogP contribution in [0.1, 0.15) is 37.5 Å². The number of hydrogen-bond donors (Lipinski definition) is 1. The maximum atomic E-state index is 13.5. The highest BCUT2D eigenvalue weighted by atomic mass is 35.5. The molecular formula is C24H32ClN3O4S. The second-order valence-electron chi connectivity index (χ2n) is 8.44. The lowest BCUT2D eigenvalue weighted by atomic mass is 10.1. The van der Waals surface area contributed by atoms with E-state index in [9.17, 15) is 18.0 Å². The van der Waals surface area contributed by atoms with Crippen molar-refractivity contribution in [3.8, 4) is 0 Å². The van der Waals surface area contributed by atoms with Gasteiger partial charge in [-0.05, 0) is 63.4 Å². The Morgan fingerprint density at radius 2 is 1.67 bits per heavy atom. The minimum Gasteiger partial charge on any atom is -0.352 e. The van der Waals surface area contributed by atoms with E-state index in [1.807, 2.05) is 33.8 Å². The number of hydrogen-bond acceptors (Lipinski definition) is 4. The molecule has 0 spiro atoms. The van der Waals surface area contributed by atoms with Crippen LogP contribution in [0.5, 0.6) is 0 Å². The number of carbonyl (C=O) groups is 2. The monoisotopic (exact) mass is 493 g/mol. The standard InChI is InChI=1S/C24H32ClN3O4S/c1-16(2)26-24(30)19(5)27(14-20-11-7-8-12-21(20)25)23(29)15-28(33(6,31)32)22-13-9-10-17(3)18(22)4/h7-13,16,19H,14-15H2,1-6H3,(H,26,30). The summed E-state index contributed by atoms with van der Waals surface area (Å²) in [5.41, 5.74) is 2.77. The number of benzene rings is 2. The van der Waals surface area contributed by atoms with Crippen LogP contribution in [0, 0.1) is 13.8 Å². The molecule has 1 unspecified atom stereocenters. The van der Waals surface area contributed by atoms with Crippen molar-refractivity contribution >= 4 is 39.1 Å². The Kier molecular flexibility index (Phi) is 8.91. The van der Waals surface area contributed by atoms with Crippen molar-refractivity contribution < 1.29 is 18.0 Å². The molecule has 0 saturated heterocycles.